The smallest absolute Gasteiger partial charge is 0.254 e. The Morgan fingerprint density at radius 3 is 2.26 bits per heavy atom. The fourth-order valence-electron chi connectivity index (χ4n) is 3.19. The maximum absolute atomic E-state index is 13.0. The van der Waals surface area contributed by atoms with Crippen LogP contribution in [0.1, 0.15) is 62.9 Å². The van der Waals surface area contributed by atoms with Gasteiger partial charge in [-0.25, -0.2) is 0 Å². The molecule has 1 aromatic rings. The summed E-state index contributed by atoms with van der Waals surface area (Å²) >= 11 is 0. The number of piperidine rings is 1. The van der Waals surface area contributed by atoms with Crippen molar-refractivity contribution in [2.24, 2.45) is 5.41 Å². The highest BCUT2D eigenvalue weighted by Gasteiger charge is 2.25. The van der Waals surface area contributed by atoms with Crippen LogP contribution in [0.5, 0.6) is 0 Å². The van der Waals surface area contributed by atoms with E-state index < -0.39 is 5.41 Å². The molecule has 1 aromatic carbocycles. The van der Waals surface area contributed by atoms with Gasteiger partial charge in [0.05, 0.1) is 0 Å². The molecule has 2 rings (SSSR count). The first-order chi connectivity index (χ1) is 12.3. The van der Waals surface area contributed by atoms with Gasteiger partial charge in [-0.1, -0.05) is 39.8 Å². The number of carbonyl (C=O) groups is 2. The van der Waals surface area contributed by atoms with Gasteiger partial charge >= 0.3 is 0 Å². The van der Waals surface area contributed by atoms with Crippen molar-refractivity contribution in [3.05, 3.63) is 35.4 Å². The predicted octanol–water partition coefficient (Wildman–Crippen LogP) is 3.37. The zero-order valence-electron chi connectivity index (χ0n) is 17.0. The summed E-state index contributed by atoms with van der Waals surface area (Å²) in [6, 6.07) is 7.95. The molecular formula is C21H34ClN3O2. The number of halogens is 1. The molecule has 6 heteroatoms. The Morgan fingerprint density at radius 2 is 1.74 bits per heavy atom. The molecule has 152 valence electrons. The Morgan fingerprint density at radius 1 is 1.15 bits per heavy atom. The minimum absolute atomic E-state index is 0. The Balaban J connectivity index is 0.00000364. The van der Waals surface area contributed by atoms with Crippen LogP contribution in [-0.2, 0) is 11.3 Å². The van der Waals surface area contributed by atoms with Gasteiger partial charge in [0.25, 0.3) is 5.91 Å². The van der Waals surface area contributed by atoms with Crippen molar-refractivity contribution in [1.29, 1.82) is 0 Å². The third kappa shape index (κ3) is 6.82. The Kier molecular flexibility index (Phi) is 9.27. The molecule has 2 amide bonds. The summed E-state index contributed by atoms with van der Waals surface area (Å²) in [5, 5.41) is 6.30. The van der Waals surface area contributed by atoms with Crippen molar-refractivity contribution in [2.45, 2.75) is 59.5 Å². The second-order valence-electron chi connectivity index (χ2n) is 8.11. The first kappa shape index (κ1) is 23.4. The normalized spacial score (nSPS) is 15.0. The molecular weight excluding hydrogens is 362 g/mol. The number of rotatable bonds is 6. The average molecular weight is 396 g/mol. The molecule has 0 bridgehead atoms. The van der Waals surface area contributed by atoms with Crippen LogP contribution in [0.3, 0.4) is 0 Å². The highest BCUT2D eigenvalue weighted by molar-refractivity contribution is 5.94. The molecule has 1 aliphatic heterocycles. The number of hydrogen-bond acceptors (Lipinski definition) is 3. The molecule has 1 fully saturated rings. The van der Waals surface area contributed by atoms with E-state index in [1.165, 1.54) is 0 Å². The lowest BCUT2D eigenvalue weighted by molar-refractivity contribution is -0.128. The highest BCUT2D eigenvalue weighted by Crippen LogP contribution is 2.17. The maximum Gasteiger partial charge on any atom is 0.254 e. The third-order valence-corrected chi connectivity index (χ3v) is 4.81. The molecule has 0 spiro atoms. The van der Waals surface area contributed by atoms with E-state index in [1.54, 1.807) is 0 Å². The lowest BCUT2D eigenvalue weighted by Crippen LogP contribution is -2.46. The molecule has 0 aliphatic carbocycles. The summed E-state index contributed by atoms with van der Waals surface area (Å²) in [6.45, 7) is 11.0. The highest BCUT2D eigenvalue weighted by atomic mass is 35.5. The summed E-state index contributed by atoms with van der Waals surface area (Å²) in [5.74, 6) is 0.140. The van der Waals surface area contributed by atoms with Crippen molar-refractivity contribution in [3.63, 3.8) is 0 Å². The van der Waals surface area contributed by atoms with Crippen LogP contribution in [0.25, 0.3) is 0 Å². The molecule has 0 saturated carbocycles. The van der Waals surface area contributed by atoms with Crippen molar-refractivity contribution >= 4 is 24.2 Å². The van der Waals surface area contributed by atoms with Crippen LogP contribution in [0.15, 0.2) is 24.3 Å². The van der Waals surface area contributed by atoms with E-state index in [9.17, 15) is 9.59 Å². The van der Waals surface area contributed by atoms with E-state index in [-0.39, 0.29) is 24.2 Å². The lowest BCUT2D eigenvalue weighted by atomic mass is 9.95. The fourth-order valence-corrected chi connectivity index (χ4v) is 3.19. The third-order valence-electron chi connectivity index (χ3n) is 4.81. The molecule has 0 atom stereocenters. The van der Waals surface area contributed by atoms with Gasteiger partial charge in [-0.15, -0.1) is 12.4 Å². The van der Waals surface area contributed by atoms with Crippen molar-refractivity contribution < 1.29 is 9.59 Å². The summed E-state index contributed by atoms with van der Waals surface area (Å²) in [6.07, 6.45) is 3.00. The monoisotopic (exact) mass is 395 g/mol. The number of amides is 2. The van der Waals surface area contributed by atoms with Gasteiger partial charge in [0.15, 0.2) is 0 Å². The number of nitrogens with zero attached hydrogens (tertiary/aromatic N) is 1. The second-order valence-corrected chi connectivity index (χ2v) is 8.11. The molecule has 0 unspecified atom stereocenters. The van der Waals surface area contributed by atoms with E-state index in [0.29, 0.717) is 12.6 Å². The zero-order chi connectivity index (χ0) is 19.2. The van der Waals surface area contributed by atoms with E-state index >= 15 is 0 Å². The van der Waals surface area contributed by atoms with Gasteiger partial charge in [-0.3, -0.25) is 9.59 Å². The van der Waals surface area contributed by atoms with Crippen molar-refractivity contribution in [2.75, 3.05) is 19.6 Å². The van der Waals surface area contributed by atoms with Gasteiger partial charge in [0.1, 0.15) is 0 Å². The van der Waals surface area contributed by atoms with Gasteiger partial charge in [0, 0.05) is 30.1 Å². The first-order valence-electron chi connectivity index (χ1n) is 9.72. The Labute approximate surface area is 169 Å². The van der Waals surface area contributed by atoms with Crippen molar-refractivity contribution in [3.8, 4) is 0 Å². The lowest BCUT2D eigenvalue weighted by Gasteiger charge is -2.34. The van der Waals surface area contributed by atoms with Crippen molar-refractivity contribution in [1.82, 2.24) is 15.5 Å². The maximum atomic E-state index is 13.0. The minimum atomic E-state index is -0.397. The van der Waals surface area contributed by atoms with Gasteiger partial charge in [0.2, 0.25) is 5.91 Å². The predicted molar refractivity (Wildman–Crippen MR) is 112 cm³/mol. The molecule has 0 radical (unpaired) electrons. The van der Waals surface area contributed by atoms with Crippen LogP contribution in [0.4, 0.5) is 0 Å². The first-order valence-corrected chi connectivity index (χ1v) is 9.72. The molecule has 27 heavy (non-hydrogen) atoms. The summed E-state index contributed by atoms with van der Waals surface area (Å²) in [5.41, 5.74) is 1.33. The SMILES string of the molecule is CCCN(C(=O)c1ccc(CNC(=O)C(C)(C)C)cc1)C1CCNCC1.Cl. The largest absolute Gasteiger partial charge is 0.352 e. The number of carbonyl (C=O) groups excluding carboxylic acids is 2. The quantitative estimate of drug-likeness (QED) is 0.776. The minimum Gasteiger partial charge on any atom is -0.352 e. The summed E-state index contributed by atoms with van der Waals surface area (Å²) < 4.78 is 0. The molecule has 1 saturated heterocycles. The summed E-state index contributed by atoms with van der Waals surface area (Å²) in [4.78, 5) is 27.0. The van der Waals surface area contributed by atoms with Gasteiger partial charge in [-0.2, -0.15) is 0 Å². The van der Waals surface area contributed by atoms with Gasteiger partial charge in [-0.05, 0) is 50.0 Å². The van der Waals surface area contributed by atoms with Gasteiger partial charge < -0.3 is 15.5 Å². The van der Waals surface area contributed by atoms with E-state index in [0.717, 1.165) is 50.0 Å². The number of benzene rings is 1. The van der Waals surface area contributed by atoms with Crippen LogP contribution >= 0.6 is 12.4 Å². The summed E-state index contributed by atoms with van der Waals surface area (Å²) in [7, 11) is 0. The Hall–Kier alpha value is -1.59. The van der Waals surface area contributed by atoms with E-state index in [1.807, 2.05) is 49.9 Å². The molecule has 5 nitrogen and oxygen atoms in total. The number of hydrogen-bond donors (Lipinski definition) is 2. The topological polar surface area (TPSA) is 61.4 Å². The van der Waals surface area contributed by atoms with E-state index in [4.69, 9.17) is 0 Å². The standard InChI is InChI=1S/C21H33N3O2.ClH/c1-5-14-24(18-10-12-22-13-11-18)19(25)17-8-6-16(7-9-17)15-23-20(26)21(2,3)4;/h6-9,18,22H,5,10-15H2,1-4H3,(H,23,26);1H. The molecule has 0 aromatic heterocycles. The van der Waals surface area contributed by atoms with Crippen LogP contribution in [-0.4, -0.2) is 42.4 Å². The van der Waals surface area contributed by atoms with Crippen LogP contribution in [0.2, 0.25) is 0 Å². The Bertz CT molecular complexity index is 605. The number of nitrogens with one attached hydrogen (secondary N) is 2. The average Bonchev–Trinajstić information content (AvgIpc) is 2.64. The second kappa shape index (κ2) is 10.7. The van der Waals surface area contributed by atoms with Crippen LogP contribution < -0.4 is 10.6 Å². The zero-order valence-corrected chi connectivity index (χ0v) is 17.8. The molecule has 2 N–H and O–H groups in total. The molecule has 1 aliphatic rings. The molecule has 1 heterocycles. The van der Waals surface area contributed by atoms with E-state index in [2.05, 4.69) is 17.6 Å². The fraction of sp³-hybridized carbons (Fsp3) is 0.619. The van der Waals surface area contributed by atoms with Crippen LogP contribution in [0, 0.1) is 5.41 Å².